The number of primary amides is 2. The van der Waals surface area contributed by atoms with E-state index >= 15 is 4.39 Å². The van der Waals surface area contributed by atoms with E-state index in [4.69, 9.17) is 16.5 Å². The van der Waals surface area contributed by atoms with Crippen LogP contribution in [0.15, 0.2) is 116 Å². The van der Waals surface area contributed by atoms with Gasteiger partial charge in [0, 0.05) is 56.5 Å². The fourth-order valence-corrected chi connectivity index (χ4v) is 6.86. The Labute approximate surface area is 330 Å². The van der Waals surface area contributed by atoms with Crippen molar-refractivity contribution >= 4 is 45.3 Å². The highest BCUT2D eigenvalue weighted by atomic mass is 19.1. The first-order chi connectivity index (χ1) is 28.0. The number of hydrogen-bond donors (Lipinski definition) is 4. The SMILES string of the molecule is Cc1cc(-c2ncccc2-c2cc(-c3cc(-c4ncccc4-c4ccc5ncnc(NC(C)C(N)=O)c5c4)ccc3F)c3ncnc(NCC(N)=O)c3c2)ccc1F. The molecular weight excluding hydrogens is 739 g/mol. The van der Waals surface area contributed by atoms with Crippen LogP contribution in [-0.2, 0) is 9.59 Å². The number of benzene rings is 4. The van der Waals surface area contributed by atoms with E-state index in [1.807, 2.05) is 48.5 Å². The van der Waals surface area contributed by atoms with Crippen LogP contribution in [0.3, 0.4) is 0 Å². The van der Waals surface area contributed by atoms with Gasteiger partial charge in [-0.05, 0) is 103 Å². The minimum Gasteiger partial charge on any atom is -0.368 e. The summed E-state index contributed by atoms with van der Waals surface area (Å²) in [7, 11) is 0. The van der Waals surface area contributed by atoms with E-state index < -0.39 is 23.7 Å². The lowest BCUT2D eigenvalue weighted by atomic mass is 9.91. The lowest BCUT2D eigenvalue weighted by Gasteiger charge is -2.17. The molecular formula is C44H34F2N10O2. The van der Waals surface area contributed by atoms with E-state index in [0.717, 1.165) is 11.1 Å². The van der Waals surface area contributed by atoms with Crippen LogP contribution < -0.4 is 22.1 Å². The number of anilines is 2. The lowest BCUT2D eigenvalue weighted by molar-refractivity contribution is -0.118. The molecule has 1 unspecified atom stereocenters. The van der Waals surface area contributed by atoms with Crippen molar-refractivity contribution in [1.82, 2.24) is 29.9 Å². The van der Waals surface area contributed by atoms with Crippen molar-refractivity contribution in [2.45, 2.75) is 19.9 Å². The number of aromatic nitrogens is 6. The summed E-state index contributed by atoms with van der Waals surface area (Å²) in [6.07, 6.45) is 6.06. The molecule has 286 valence electrons. The van der Waals surface area contributed by atoms with E-state index in [2.05, 4.69) is 35.6 Å². The topological polar surface area (TPSA) is 188 Å². The second kappa shape index (κ2) is 15.4. The Hall–Kier alpha value is -7.74. The fraction of sp³-hybridized carbons (Fsp3) is 0.0909. The molecule has 0 aliphatic heterocycles. The average molecular weight is 773 g/mol. The zero-order chi connectivity index (χ0) is 40.5. The van der Waals surface area contributed by atoms with Gasteiger partial charge in [-0.3, -0.25) is 19.6 Å². The largest absolute Gasteiger partial charge is 0.368 e. The number of carbonyl (C=O) groups is 2. The standard InChI is InChI=1S/C44H34F2N10O2/c1-23-15-26(7-10-35(23)45)39-30(6-4-14-49-39)28-18-32(41-34(19-28)43(54-22-53-41)51-20-38(47)57)31-17-27(8-11-36(31)46)40-29(5-3-13-50-40)25-9-12-37-33(16-25)44(55-21-52-37)56-24(2)42(48)58/h3-19,21-22,24H,20H2,1-2H3,(H2,47,57)(H2,48,58)(H,51,53,54)(H,52,55,56). The predicted octanol–water partition coefficient (Wildman–Crippen LogP) is 7.47. The number of halogens is 2. The minimum absolute atomic E-state index is 0.201. The second-order valence-corrected chi connectivity index (χ2v) is 13.6. The van der Waals surface area contributed by atoms with Gasteiger partial charge in [0.1, 0.15) is 42.0 Å². The Balaban J connectivity index is 1.30. The van der Waals surface area contributed by atoms with Gasteiger partial charge in [0.2, 0.25) is 11.8 Å². The second-order valence-electron chi connectivity index (χ2n) is 13.6. The van der Waals surface area contributed by atoms with Gasteiger partial charge in [-0.25, -0.2) is 28.7 Å². The smallest absolute Gasteiger partial charge is 0.239 e. The number of rotatable bonds is 11. The molecule has 0 spiro atoms. The van der Waals surface area contributed by atoms with E-state index in [0.29, 0.717) is 78.2 Å². The van der Waals surface area contributed by atoms with Crippen molar-refractivity contribution in [3.63, 3.8) is 0 Å². The first-order valence-corrected chi connectivity index (χ1v) is 18.1. The molecule has 14 heteroatoms. The van der Waals surface area contributed by atoms with Crippen molar-refractivity contribution in [2.75, 3.05) is 17.2 Å². The van der Waals surface area contributed by atoms with Crippen LogP contribution in [0.5, 0.6) is 0 Å². The summed E-state index contributed by atoms with van der Waals surface area (Å²) < 4.78 is 30.7. The molecule has 0 aliphatic carbocycles. The Morgan fingerprint density at radius 3 is 1.97 bits per heavy atom. The highest BCUT2D eigenvalue weighted by molar-refractivity contribution is 6.04. The average Bonchev–Trinajstić information content (AvgIpc) is 3.23. The molecule has 0 aliphatic rings. The Morgan fingerprint density at radius 2 is 1.26 bits per heavy atom. The summed E-state index contributed by atoms with van der Waals surface area (Å²) in [6, 6.07) is 25.6. The van der Waals surface area contributed by atoms with Crippen molar-refractivity contribution in [3.05, 3.63) is 133 Å². The molecule has 8 rings (SSSR count). The number of amides is 2. The quantitative estimate of drug-likeness (QED) is 0.103. The van der Waals surface area contributed by atoms with Crippen LogP contribution >= 0.6 is 0 Å². The maximum atomic E-state index is 16.4. The molecule has 0 bridgehead atoms. The molecule has 4 aromatic carbocycles. The third kappa shape index (κ3) is 7.21. The third-order valence-electron chi connectivity index (χ3n) is 9.78. The number of pyridine rings is 2. The summed E-state index contributed by atoms with van der Waals surface area (Å²) in [5.74, 6) is -1.23. The normalized spacial score (nSPS) is 11.7. The zero-order valence-corrected chi connectivity index (χ0v) is 31.2. The molecule has 0 saturated heterocycles. The molecule has 1 atom stereocenters. The minimum atomic E-state index is -0.680. The van der Waals surface area contributed by atoms with Crippen molar-refractivity contribution in [3.8, 4) is 55.9 Å². The summed E-state index contributed by atoms with van der Waals surface area (Å²) in [6.45, 7) is 3.13. The monoisotopic (exact) mass is 772 g/mol. The number of fused-ring (bicyclic) bond motifs is 2. The van der Waals surface area contributed by atoms with Crippen LogP contribution in [0.2, 0.25) is 0 Å². The van der Waals surface area contributed by atoms with Gasteiger partial charge in [0.15, 0.2) is 0 Å². The maximum absolute atomic E-state index is 16.4. The maximum Gasteiger partial charge on any atom is 0.239 e. The summed E-state index contributed by atoms with van der Waals surface area (Å²) in [4.78, 5) is 50.9. The molecule has 2 amide bonds. The van der Waals surface area contributed by atoms with Gasteiger partial charge < -0.3 is 22.1 Å². The van der Waals surface area contributed by atoms with Crippen molar-refractivity contribution in [1.29, 1.82) is 0 Å². The van der Waals surface area contributed by atoms with Crippen LogP contribution in [0.1, 0.15) is 12.5 Å². The van der Waals surface area contributed by atoms with Gasteiger partial charge in [0.05, 0.1) is 29.0 Å². The van der Waals surface area contributed by atoms with Crippen LogP contribution in [0.25, 0.3) is 77.7 Å². The first kappa shape index (κ1) is 37.2. The Morgan fingerprint density at radius 1 is 0.638 bits per heavy atom. The van der Waals surface area contributed by atoms with Crippen LogP contribution in [0, 0.1) is 18.6 Å². The molecule has 0 fully saturated rings. The molecule has 0 saturated carbocycles. The Kier molecular flexibility index (Phi) is 9.89. The third-order valence-corrected chi connectivity index (χ3v) is 9.78. The summed E-state index contributed by atoms with van der Waals surface area (Å²) >= 11 is 0. The zero-order valence-electron chi connectivity index (χ0n) is 31.2. The van der Waals surface area contributed by atoms with Gasteiger partial charge >= 0.3 is 0 Å². The van der Waals surface area contributed by atoms with Crippen LogP contribution in [0.4, 0.5) is 20.4 Å². The number of nitrogens with zero attached hydrogens (tertiary/aromatic N) is 6. The van der Waals surface area contributed by atoms with E-state index in [1.54, 1.807) is 56.6 Å². The van der Waals surface area contributed by atoms with Gasteiger partial charge in [0.25, 0.3) is 0 Å². The summed E-state index contributed by atoms with van der Waals surface area (Å²) in [5, 5.41) is 7.22. The highest BCUT2D eigenvalue weighted by Gasteiger charge is 2.21. The number of nitrogens with one attached hydrogen (secondary N) is 2. The first-order valence-electron chi connectivity index (χ1n) is 18.1. The molecule has 4 heterocycles. The summed E-state index contributed by atoms with van der Waals surface area (Å²) in [5.41, 5.74) is 18.5. The number of hydrogen-bond acceptors (Lipinski definition) is 10. The molecule has 0 radical (unpaired) electrons. The number of aryl methyl sites for hydroxylation is 1. The Bertz CT molecular complexity index is 2920. The van der Waals surface area contributed by atoms with Gasteiger partial charge in [-0.1, -0.05) is 18.2 Å². The van der Waals surface area contributed by atoms with Gasteiger partial charge in [-0.2, -0.15) is 0 Å². The molecule has 4 aromatic heterocycles. The van der Waals surface area contributed by atoms with E-state index in [1.165, 1.54) is 24.8 Å². The molecule has 8 aromatic rings. The molecule has 6 N–H and O–H groups in total. The van der Waals surface area contributed by atoms with Gasteiger partial charge in [-0.15, -0.1) is 0 Å². The fourth-order valence-electron chi connectivity index (χ4n) is 6.86. The number of nitrogens with two attached hydrogens (primary N) is 2. The number of carbonyl (C=O) groups excluding carboxylic acids is 2. The van der Waals surface area contributed by atoms with E-state index in [9.17, 15) is 14.0 Å². The van der Waals surface area contributed by atoms with Crippen molar-refractivity contribution < 1.29 is 18.4 Å². The van der Waals surface area contributed by atoms with Crippen LogP contribution in [-0.4, -0.2) is 54.3 Å². The van der Waals surface area contributed by atoms with E-state index in [-0.39, 0.29) is 17.9 Å². The lowest BCUT2D eigenvalue weighted by Crippen LogP contribution is -2.32. The predicted molar refractivity (Wildman–Crippen MR) is 220 cm³/mol. The highest BCUT2D eigenvalue weighted by Crippen LogP contribution is 2.41. The van der Waals surface area contributed by atoms with Crippen molar-refractivity contribution in [2.24, 2.45) is 11.5 Å². The molecule has 12 nitrogen and oxygen atoms in total. The molecule has 58 heavy (non-hydrogen) atoms.